The van der Waals surface area contributed by atoms with Crippen LogP contribution in [0.5, 0.6) is 0 Å². The molecule has 0 radical (unpaired) electrons. The lowest BCUT2D eigenvalue weighted by Crippen LogP contribution is -2.13. The van der Waals surface area contributed by atoms with Crippen LogP contribution >= 0.6 is 0 Å². The average molecular weight is 235 g/mol. The van der Waals surface area contributed by atoms with E-state index < -0.39 is 0 Å². The molecule has 3 heteroatoms. The van der Waals surface area contributed by atoms with Gasteiger partial charge < -0.3 is 10.5 Å². The van der Waals surface area contributed by atoms with Crippen molar-refractivity contribution in [1.29, 1.82) is 0 Å². The van der Waals surface area contributed by atoms with Crippen LogP contribution in [0.1, 0.15) is 28.7 Å². The maximum Gasteiger partial charge on any atom is 0.307 e. The van der Waals surface area contributed by atoms with Gasteiger partial charge in [-0.1, -0.05) is 12.1 Å². The van der Waals surface area contributed by atoms with Crippen molar-refractivity contribution >= 4 is 5.97 Å². The first kappa shape index (κ1) is 13.7. The Kier molecular flexibility index (Phi) is 5.16. The molecule has 2 N–H and O–H groups in total. The van der Waals surface area contributed by atoms with Crippen LogP contribution in [-0.4, -0.2) is 19.1 Å². The molecule has 0 spiro atoms. The number of ether oxygens (including phenoxy) is 1. The van der Waals surface area contributed by atoms with Crippen LogP contribution in [0.2, 0.25) is 0 Å². The Morgan fingerprint density at radius 2 is 1.82 bits per heavy atom. The lowest BCUT2D eigenvalue weighted by atomic mass is 9.99. The maximum absolute atomic E-state index is 11.1. The predicted octanol–water partition coefficient (Wildman–Crippen LogP) is 2.05. The first-order chi connectivity index (χ1) is 8.04. The van der Waals surface area contributed by atoms with Crippen molar-refractivity contribution in [1.82, 2.24) is 0 Å². The Bertz CT molecular complexity index is 399. The molecule has 0 fully saturated rings. The van der Waals surface area contributed by atoms with Gasteiger partial charge in [0.25, 0.3) is 0 Å². The second-order valence-electron chi connectivity index (χ2n) is 4.37. The second-order valence-corrected chi connectivity index (χ2v) is 4.37. The summed E-state index contributed by atoms with van der Waals surface area (Å²) in [7, 11) is 0. The molecule has 1 aromatic rings. The standard InChI is InChI=1S/C14H21NO2/c1-10-8-12(3)13(9-11(10)2)5-7-17-14(16)4-6-15/h8-9H,4-7,15H2,1-3H3. The number of benzene rings is 1. The summed E-state index contributed by atoms with van der Waals surface area (Å²) >= 11 is 0. The van der Waals surface area contributed by atoms with Gasteiger partial charge in [-0.2, -0.15) is 0 Å². The van der Waals surface area contributed by atoms with Gasteiger partial charge in [0.2, 0.25) is 0 Å². The molecule has 0 aliphatic carbocycles. The van der Waals surface area contributed by atoms with E-state index in [2.05, 4.69) is 32.9 Å². The summed E-state index contributed by atoms with van der Waals surface area (Å²) in [4.78, 5) is 11.1. The molecule has 1 rings (SSSR count). The number of nitrogens with two attached hydrogens (primary N) is 1. The minimum atomic E-state index is -0.214. The van der Waals surface area contributed by atoms with Crippen molar-refractivity contribution in [2.24, 2.45) is 5.73 Å². The quantitative estimate of drug-likeness (QED) is 0.795. The summed E-state index contributed by atoms with van der Waals surface area (Å²) in [6.07, 6.45) is 1.06. The van der Waals surface area contributed by atoms with Crippen molar-refractivity contribution in [2.75, 3.05) is 13.2 Å². The highest BCUT2D eigenvalue weighted by Crippen LogP contribution is 2.15. The van der Waals surface area contributed by atoms with E-state index in [1.54, 1.807) is 0 Å². The van der Waals surface area contributed by atoms with E-state index >= 15 is 0 Å². The van der Waals surface area contributed by atoms with E-state index in [1.165, 1.54) is 22.3 Å². The van der Waals surface area contributed by atoms with Crippen LogP contribution in [0, 0.1) is 20.8 Å². The summed E-state index contributed by atoms with van der Waals surface area (Å²) < 4.78 is 5.09. The first-order valence-corrected chi connectivity index (χ1v) is 5.97. The number of esters is 1. The molecule has 0 heterocycles. The Balaban J connectivity index is 2.52. The third-order valence-corrected chi connectivity index (χ3v) is 2.94. The normalized spacial score (nSPS) is 10.4. The molecule has 17 heavy (non-hydrogen) atoms. The van der Waals surface area contributed by atoms with Crippen molar-refractivity contribution in [3.8, 4) is 0 Å². The molecular weight excluding hydrogens is 214 g/mol. The summed E-state index contributed by atoms with van der Waals surface area (Å²) in [5.74, 6) is -0.214. The van der Waals surface area contributed by atoms with Gasteiger partial charge in [-0.05, 0) is 43.0 Å². The van der Waals surface area contributed by atoms with E-state index in [4.69, 9.17) is 10.5 Å². The van der Waals surface area contributed by atoms with Gasteiger partial charge in [-0.15, -0.1) is 0 Å². The summed E-state index contributed by atoms with van der Waals surface area (Å²) in [6.45, 7) is 7.07. The summed E-state index contributed by atoms with van der Waals surface area (Å²) in [5.41, 5.74) is 10.3. The largest absolute Gasteiger partial charge is 0.465 e. The average Bonchev–Trinajstić information content (AvgIpc) is 2.26. The topological polar surface area (TPSA) is 52.3 Å². The van der Waals surface area contributed by atoms with Gasteiger partial charge in [0.05, 0.1) is 13.0 Å². The fourth-order valence-corrected chi connectivity index (χ4v) is 1.75. The third-order valence-electron chi connectivity index (χ3n) is 2.94. The van der Waals surface area contributed by atoms with Crippen molar-refractivity contribution in [3.05, 3.63) is 34.4 Å². The highest BCUT2D eigenvalue weighted by Gasteiger charge is 2.04. The summed E-state index contributed by atoms with van der Waals surface area (Å²) in [5, 5.41) is 0. The summed E-state index contributed by atoms with van der Waals surface area (Å²) in [6, 6.07) is 4.34. The highest BCUT2D eigenvalue weighted by molar-refractivity contribution is 5.69. The van der Waals surface area contributed by atoms with Crippen molar-refractivity contribution in [3.63, 3.8) is 0 Å². The molecule has 0 aromatic heterocycles. The molecule has 0 saturated heterocycles. The Morgan fingerprint density at radius 1 is 1.18 bits per heavy atom. The van der Waals surface area contributed by atoms with E-state index in [1.807, 2.05) is 0 Å². The van der Waals surface area contributed by atoms with Crippen molar-refractivity contribution in [2.45, 2.75) is 33.6 Å². The van der Waals surface area contributed by atoms with Gasteiger partial charge in [0.15, 0.2) is 0 Å². The Morgan fingerprint density at radius 3 is 2.47 bits per heavy atom. The zero-order valence-electron chi connectivity index (χ0n) is 10.9. The number of aryl methyl sites for hydroxylation is 3. The highest BCUT2D eigenvalue weighted by atomic mass is 16.5. The fraction of sp³-hybridized carbons (Fsp3) is 0.500. The molecule has 0 atom stereocenters. The SMILES string of the molecule is Cc1cc(C)c(CCOC(=O)CCN)cc1C. The van der Waals surface area contributed by atoms with E-state index in [-0.39, 0.29) is 5.97 Å². The van der Waals surface area contributed by atoms with Crippen LogP contribution in [0.25, 0.3) is 0 Å². The van der Waals surface area contributed by atoms with Crippen LogP contribution < -0.4 is 5.73 Å². The zero-order valence-corrected chi connectivity index (χ0v) is 10.9. The third kappa shape index (κ3) is 4.19. The molecule has 0 aliphatic rings. The lowest BCUT2D eigenvalue weighted by molar-refractivity contribution is -0.143. The molecule has 0 unspecified atom stereocenters. The van der Waals surface area contributed by atoms with Crippen LogP contribution in [0.15, 0.2) is 12.1 Å². The van der Waals surface area contributed by atoms with Gasteiger partial charge >= 0.3 is 5.97 Å². The number of carbonyl (C=O) groups is 1. The smallest absolute Gasteiger partial charge is 0.307 e. The van der Waals surface area contributed by atoms with Crippen molar-refractivity contribution < 1.29 is 9.53 Å². The monoisotopic (exact) mass is 235 g/mol. The van der Waals surface area contributed by atoms with Gasteiger partial charge in [-0.25, -0.2) is 0 Å². The van der Waals surface area contributed by atoms with Crippen LogP contribution in [0.3, 0.4) is 0 Å². The Hall–Kier alpha value is -1.35. The molecule has 0 amide bonds. The van der Waals surface area contributed by atoms with E-state index in [0.717, 1.165) is 6.42 Å². The number of carbonyl (C=O) groups excluding carboxylic acids is 1. The number of rotatable bonds is 5. The van der Waals surface area contributed by atoms with E-state index in [0.29, 0.717) is 19.6 Å². The van der Waals surface area contributed by atoms with E-state index in [9.17, 15) is 4.79 Å². The second kappa shape index (κ2) is 6.40. The lowest BCUT2D eigenvalue weighted by Gasteiger charge is -2.10. The molecule has 0 aliphatic heterocycles. The molecule has 0 bridgehead atoms. The molecule has 94 valence electrons. The Labute approximate surface area is 103 Å². The van der Waals surface area contributed by atoms with Gasteiger partial charge in [0.1, 0.15) is 0 Å². The zero-order chi connectivity index (χ0) is 12.8. The molecule has 1 aromatic carbocycles. The van der Waals surface area contributed by atoms with Crippen LogP contribution in [0.4, 0.5) is 0 Å². The molecular formula is C14H21NO2. The predicted molar refractivity (Wildman–Crippen MR) is 69.0 cm³/mol. The maximum atomic E-state index is 11.1. The molecule has 3 nitrogen and oxygen atoms in total. The number of hydrogen-bond acceptors (Lipinski definition) is 3. The van der Waals surface area contributed by atoms with Gasteiger partial charge in [0, 0.05) is 13.0 Å². The first-order valence-electron chi connectivity index (χ1n) is 5.97. The van der Waals surface area contributed by atoms with Crippen LogP contribution in [-0.2, 0) is 16.0 Å². The minimum Gasteiger partial charge on any atom is -0.465 e. The minimum absolute atomic E-state index is 0.214. The fourth-order valence-electron chi connectivity index (χ4n) is 1.75. The number of hydrogen-bond donors (Lipinski definition) is 1. The van der Waals surface area contributed by atoms with Gasteiger partial charge in [-0.3, -0.25) is 4.79 Å². The molecule has 0 saturated carbocycles.